The molecule has 3 rings (SSSR count). The van der Waals surface area contributed by atoms with E-state index in [1.807, 2.05) is 12.1 Å². The van der Waals surface area contributed by atoms with E-state index in [2.05, 4.69) is 13.5 Å². The minimum Gasteiger partial charge on any atom is -0.497 e. The lowest BCUT2D eigenvalue weighted by molar-refractivity contribution is -0.162. The summed E-state index contributed by atoms with van der Waals surface area (Å²) in [7, 11) is 4.90. The summed E-state index contributed by atoms with van der Waals surface area (Å²) in [6.07, 6.45) is 3.53. The summed E-state index contributed by atoms with van der Waals surface area (Å²) in [6, 6.07) is 9.31. The molecule has 0 spiro atoms. The standard InChI is InChI=1S/C24H29NO9.C11H16O3/c1-4-20(28)34-15-24(2,3)21(29)22(30)25-11-6-5-10-18(25)23(31)33-13-16-8-7-9-17(12-16)32-14-19(26)27;1-5-8-6-9(12-2)7-10(13-3)11(8)14-4/h4,7-9,12,18H,1,5-6,10-11,13-15H2,2-3H3,(H,26,27);6-7H,5H2,1-4H3. The van der Waals surface area contributed by atoms with Gasteiger partial charge in [-0.05, 0) is 63.3 Å². The number of likely N-dealkylation sites (tertiary alicyclic amines) is 1. The molecule has 1 N–H and O–H groups in total. The SMILES string of the molecule is C=CC(=O)OCC(C)(C)C(=O)C(=O)N1CCCCC1C(=O)OCc1cccc(OCC(=O)O)c1.CCc1cc(OC)cc(OC)c1OC. The number of esters is 2. The molecule has 48 heavy (non-hydrogen) atoms. The summed E-state index contributed by atoms with van der Waals surface area (Å²) >= 11 is 0. The number of ketones is 1. The molecular formula is C35H45NO12. The number of carboxylic acid groups (broad SMARTS) is 1. The van der Waals surface area contributed by atoms with E-state index in [1.54, 1.807) is 45.6 Å². The van der Waals surface area contributed by atoms with Crippen molar-refractivity contribution in [2.24, 2.45) is 5.41 Å². The fraction of sp³-hybridized carbons (Fsp3) is 0.457. The maximum Gasteiger partial charge on any atom is 0.341 e. The number of ether oxygens (including phenoxy) is 6. The van der Waals surface area contributed by atoms with Gasteiger partial charge in [-0.1, -0.05) is 25.6 Å². The van der Waals surface area contributed by atoms with E-state index in [4.69, 9.17) is 33.5 Å². The molecule has 1 atom stereocenters. The largest absolute Gasteiger partial charge is 0.497 e. The molecule has 0 aromatic heterocycles. The topological polar surface area (TPSA) is 164 Å². The molecule has 1 aliphatic rings. The van der Waals surface area contributed by atoms with Crippen LogP contribution in [0.3, 0.4) is 0 Å². The van der Waals surface area contributed by atoms with E-state index in [-0.39, 0.29) is 19.8 Å². The van der Waals surface area contributed by atoms with Crippen LogP contribution in [0.1, 0.15) is 51.2 Å². The van der Waals surface area contributed by atoms with Gasteiger partial charge in [0.1, 0.15) is 30.8 Å². The van der Waals surface area contributed by atoms with Crippen molar-refractivity contribution in [3.8, 4) is 23.0 Å². The van der Waals surface area contributed by atoms with Gasteiger partial charge in [0.25, 0.3) is 5.91 Å². The van der Waals surface area contributed by atoms with Crippen molar-refractivity contribution in [2.45, 2.75) is 59.1 Å². The number of aliphatic carboxylic acids is 1. The van der Waals surface area contributed by atoms with Gasteiger partial charge < -0.3 is 38.4 Å². The van der Waals surface area contributed by atoms with Gasteiger partial charge in [-0.15, -0.1) is 0 Å². The van der Waals surface area contributed by atoms with Crippen LogP contribution in [-0.2, 0) is 46.5 Å². The van der Waals surface area contributed by atoms with Crippen molar-refractivity contribution in [1.82, 2.24) is 4.90 Å². The van der Waals surface area contributed by atoms with Gasteiger partial charge in [-0.3, -0.25) is 9.59 Å². The highest BCUT2D eigenvalue weighted by Gasteiger charge is 2.42. The quantitative estimate of drug-likeness (QED) is 0.164. The van der Waals surface area contributed by atoms with Crippen LogP contribution in [0, 0.1) is 5.41 Å². The first-order valence-electron chi connectivity index (χ1n) is 15.3. The Kier molecular flexibility index (Phi) is 15.4. The predicted molar refractivity (Wildman–Crippen MR) is 174 cm³/mol. The normalized spacial score (nSPS) is 14.0. The third kappa shape index (κ3) is 11.3. The number of carbonyl (C=O) groups excluding carboxylic acids is 4. The van der Waals surface area contributed by atoms with E-state index < -0.39 is 47.7 Å². The molecule has 2 aromatic carbocycles. The Bertz CT molecular complexity index is 1430. The number of Topliss-reactive ketones (excluding diaryl/α,β-unsaturated/α-hetero) is 1. The van der Waals surface area contributed by atoms with Crippen molar-refractivity contribution in [3.05, 3.63) is 60.2 Å². The molecule has 0 saturated carbocycles. The third-order valence-corrected chi connectivity index (χ3v) is 7.37. The highest BCUT2D eigenvalue weighted by atomic mass is 16.5. The number of hydrogen-bond donors (Lipinski definition) is 1. The summed E-state index contributed by atoms with van der Waals surface area (Å²) < 4.78 is 31.1. The lowest BCUT2D eigenvalue weighted by Crippen LogP contribution is -2.53. The Morgan fingerprint density at radius 3 is 2.31 bits per heavy atom. The van der Waals surface area contributed by atoms with E-state index >= 15 is 0 Å². The number of methoxy groups -OCH3 is 3. The Morgan fingerprint density at radius 2 is 1.71 bits per heavy atom. The zero-order valence-electron chi connectivity index (χ0n) is 28.4. The molecule has 1 fully saturated rings. The number of aryl methyl sites for hydroxylation is 1. The molecule has 2 aromatic rings. The molecule has 13 nitrogen and oxygen atoms in total. The van der Waals surface area contributed by atoms with Crippen LogP contribution in [0.2, 0.25) is 0 Å². The molecule has 1 aliphatic heterocycles. The van der Waals surface area contributed by atoms with Gasteiger partial charge >= 0.3 is 17.9 Å². The number of carboxylic acids is 1. The van der Waals surface area contributed by atoms with E-state index in [1.165, 1.54) is 18.7 Å². The van der Waals surface area contributed by atoms with Gasteiger partial charge in [0.05, 0.1) is 26.7 Å². The van der Waals surface area contributed by atoms with Crippen LogP contribution in [0.4, 0.5) is 0 Å². The van der Waals surface area contributed by atoms with Gasteiger partial charge in [0.2, 0.25) is 5.78 Å². The van der Waals surface area contributed by atoms with Crippen LogP contribution in [-0.4, -0.2) is 86.7 Å². The maximum absolute atomic E-state index is 13.0. The van der Waals surface area contributed by atoms with Crippen LogP contribution in [0.15, 0.2) is 49.1 Å². The van der Waals surface area contributed by atoms with Gasteiger partial charge in [-0.2, -0.15) is 0 Å². The Hall–Kier alpha value is -5.07. The van der Waals surface area contributed by atoms with Crippen molar-refractivity contribution in [1.29, 1.82) is 0 Å². The summed E-state index contributed by atoms with van der Waals surface area (Å²) in [5.74, 6) is -1.46. The fourth-order valence-electron chi connectivity index (χ4n) is 4.73. The fourth-order valence-corrected chi connectivity index (χ4v) is 4.73. The Balaban J connectivity index is 0.000000476. The van der Waals surface area contributed by atoms with E-state index in [0.717, 1.165) is 29.6 Å². The highest BCUT2D eigenvalue weighted by Crippen LogP contribution is 2.35. The van der Waals surface area contributed by atoms with Crippen LogP contribution < -0.4 is 18.9 Å². The second kappa shape index (κ2) is 18.9. The molecule has 1 heterocycles. The highest BCUT2D eigenvalue weighted by molar-refractivity contribution is 6.38. The first-order chi connectivity index (χ1) is 22.8. The summed E-state index contributed by atoms with van der Waals surface area (Å²) in [4.78, 5) is 61.8. The zero-order valence-corrected chi connectivity index (χ0v) is 28.4. The van der Waals surface area contributed by atoms with Crippen LogP contribution in [0.5, 0.6) is 23.0 Å². The van der Waals surface area contributed by atoms with Crippen LogP contribution in [0.25, 0.3) is 0 Å². The third-order valence-electron chi connectivity index (χ3n) is 7.37. The molecule has 0 bridgehead atoms. The van der Waals surface area contributed by atoms with Crippen LogP contribution >= 0.6 is 0 Å². The van der Waals surface area contributed by atoms with Crippen molar-refractivity contribution in [3.63, 3.8) is 0 Å². The van der Waals surface area contributed by atoms with Crippen molar-refractivity contribution >= 4 is 29.6 Å². The van der Waals surface area contributed by atoms with Gasteiger partial charge in [0, 0.05) is 24.3 Å². The monoisotopic (exact) mass is 671 g/mol. The number of carbonyl (C=O) groups is 5. The lowest BCUT2D eigenvalue weighted by atomic mass is 9.87. The molecule has 0 radical (unpaired) electrons. The molecule has 1 amide bonds. The Morgan fingerprint density at radius 1 is 0.979 bits per heavy atom. The number of rotatable bonds is 15. The van der Waals surface area contributed by atoms with E-state index in [9.17, 15) is 24.0 Å². The minimum absolute atomic E-state index is 0.113. The number of hydrogen-bond acceptors (Lipinski definition) is 11. The first-order valence-corrected chi connectivity index (χ1v) is 15.3. The van der Waals surface area contributed by atoms with Crippen molar-refractivity contribution < 1.29 is 57.5 Å². The molecular weight excluding hydrogens is 626 g/mol. The molecule has 13 heteroatoms. The average Bonchev–Trinajstić information content (AvgIpc) is 3.10. The van der Waals surface area contributed by atoms with Gasteiger partial charge in [0.15, 0.2) is 18.1 Å². The van der Waals surface area contributed by atoms with Crippen molar-refractivity contribution in [2.75, 3.05) is 41.1 Å². The zero-order chi connectivity index (χ0) is 35.9. The molecule has 1 saturated heterocycles. The number of nitrogens with zero attached hydrogens (tertiary/aromatic N) is 1. The second-order valence-electron chi connectivity index (χ2n) is 11.3. The lowest BCUT2D eigenvalue weighted by Gasteiger charge is -2.35. The van der Waals surface area contributed by atoms with E-state index in [0.29, 0.717) is 36.3 Å². The summed E-state index contributed by atoms with van der Waals surface area (Å²) in [6.45, 7) is 7.64. The maximum atomic E-state index is 13.0. The smallest absolute Gasteiger partial charge is 0.341 e. The molecule has 0 aliphatic carbocycles. The predicted octanol–water partition coefficient (Wildman–Crippen LogP) is 4.17. The van der Waals surface area contributed by atoms with Gasteiger partial charge in [-0.25, -0.2) is 14.4 Å². The minimum atomic E-state index is -1.28. The molecule has 262 valence electrons. The molecule has 1 unspecified atom stereocenters. The average molecular weight is 672 g/mol. The summed E-state index contributed by atoms with van der Waals surface area (Å²) in [5, 5.41) is 8.71. The second-order valence-corrected chi connectivity index (χ2v) is 11.3. The number of benzene rings is 2. The number of piperidine rings is 1. The Labute approximate surface area is 280 Å². The summed E-state index contributed by atoms with van der Waals surface area (Å²) in [5.41, 5.74) is 0.382. The number of amides is 1. The first kappa shape index (κ1) is 39.1.